The minimum atomic E-state index is -4.31. The summed E-state index contributed by atoms with van der Waals surface area (Å²) in [6, 6.07) is 0. The second-order valence-corrected chi connectivity index (χ2v) is 6.17. The molecule has 0 atom stereocenters. The van der Waals surface area contributed by atoms with Gasteiger partial charge in [0.2, 0.25) is 0 Å². The largest absolute Gasteiger partial charge is 0.469 e. The Labute approximate surface area is 104 Å². The van der Waals surface area contributed by atoms with Crippen molar-refractivity contribution in [1.29, 1.82) is 0 Å². The van der Waals surface area contributed by atoms with E-state index in [4.69, 9.17) is 14.3 Å². The summed E-state index contributed by atoms with van der Waals surface area (Å²) < 4.78 is 15.7. The van der Waals surface area contributed by atoms with Gasteiger partial charge in [0.15, 0.2) is 0 Å². The van der Waals surface area contributed by atoms with Crippen LogP contribution in [0.5, 0.6) is 0 Å². The first-order chi connectivity index (χ1) is 8.08. The fourth-order valence-electron chi connectivity index (χ4n) is 2.43. The predicted molar refractivity (Wildman–Crippen MR) is 67.7 cm³/mol. The highest BCUT2D eigenvalue weighted by molar-refractivity contribution is 7.46. The van der Waals surface area contributed by atoms with Crippen LogP contribution in [-0.2, 0) is 9.09 Å². The van der Waals surface area contributed by atoms with Gasteiger partial charge in [-0.3, -0.25) is 4.52 Å². The third-order valence-electron chi connectivity index (χ3n) is 3.34. The molecule has 0 aromatic carbocycles. The molecule has 5 heteroatoms. The maximum Gasteiger partial charge on any atom is 0.469 e. The molecular weight excluding hydrogens is 239 g/mol. The van der Waals surface area contributed by atoms with Crippen LogP contribution >= 0.6 is 7.82 Å². The summed E-state index contributed by atoms with van der Waals surface area (Å²) >= 11 is 0. The van der Waals surface area contributed by atoms with Crippen molar-refractivity contribution in [2.45, 2.75) is 76.7 Å². The first kappa shape index (κ1) is 15.2. The van der Waals surface area contributed by atoms with Crippen LogP contribution in [0.3, 0.4) is 0 Å². The predicted octanol–water partition coefficient (Wildman–Crippen LogP) is 3.77. The Morgan fingerprint density at radius 3 is 1.47 bits per heavy atom. The fraction of sp³-hybridized carbons (Fsp3) is 1.00. The second-order valence-electron chi connectivity index (χ2n) is 4.98. The molecule has 0 heterocycles. The van der Waals surface area contributed by atoms with Crippen LogP contribution in [0, 0.1) is 0 Å². The standard InChI is InChI=1S/C12H25O4P/c13-17(14,15)16-12-10-8-6-4-2-1-3-5-7-9-11-12/h12H,1-11H2,(H2,13,14,15). The van der Waals surface area contributed by atoms with Gasteiger partial charge in [0.1, 0.15) is 0 Å². The van der Waals surface area contributed by atoms with Crippen molar-refractivity contribution in [3.05, 3.63) is 0 Å². The van der Waals surface area contributed by atoms with E-state index in [1.165, 1.54) is 32.1 Å². The van der Waals surface area contributed by atoms with Crippen molar-refractivity contribution in [3.8, 4) is 0 Å². The summed E-state index contributed by atoms with van der Waals surface area (Å²) in [5.74, 6) is 0. The zero-order valence-electron chi connectivity index (χ0n) is 10.5. The van der Waals surface area contributed by atoms with Gasteiger partial charge in [-0.1, -0.05) is 57.8 Å². The van der Waals surface area contributed by atoms with Gasteiger partial charge in [-0.2, -0.15) is 0 Å². The number of rotatable bonds is 2. The highest BCUT2D eigenvalue weighted by Crippen LogP contribution is 2.39. The molecule has 0 radical (unpaired) electrons. The molecular formula is C12H25O4P. The van der Waals surface area contributed by atoms with Crippen molar-refractivity contribution >= 4 is 7.82 Å². The lowest BCUT2D eigenvalue weighted by Gasteiger charge is -2.18. The van der Waals surface area contributed by atoms with Gasteiger partial charge in [-0.25, -0.2) is 4.57 Å². The minimum absolute atomic E-state index is 0.254. The molecule has 102 valence electrons. The molecule has 1 fully saturated rings. The minimum Gasteiger partial charge on any atom is -0.303 e. The molecule has 4 nitrogen and oxygen atoms in total. The molecule has 0 spiro atoms. The molecule has 0 aromatic heterocycles. The van der Waals surface area contributed by atoms with Gasteiger partial charge in [-0.05, 0) is 12.8 Å². The van der Waals surface area contributed by atoms with E-state index in [1.54, 1.807) is 0 Å². The molecule has 0 aromatic rings. The molecule has 17 heavy (non-hydrogen) atoms. The summed E-state index contributed by atoms with van der Waals surface area (Å²) in [4.78, 5) is 17.7. The fourth-order valence-corrected chi connectivity index (χ4v) is 3.02. The smallest absolute Gasteiger partial charge is 0.303 e. The van der Waals surface area contributed by atoms with E-state index >= 15 is 0 Å². The lowest BCUT2D eigenvalue weighted by atomic mass is 10.00. The van der Waals surface area contributed by atoms with Crippen LogP contribution < -0.4 is 0 Å². The summed E-state index contributed by atoms with van der Waals surface area (Å²) in [5, 5.41) is 0. The zero-order valence-corrected chi connectivity index (χ0v) is 11.4. The Bertz CT molecular complexity index is 227. The SMILES string of the molecule is O=P(O)(O)OC1CCCCCCCCCCC1. The second kappa shape index (κ2) is 8.25. The van der Waals surface area contributed by atoms with Gasteiger partial charge >= 0.3 is 7.82 Å². The Morgan fingerprint density at radius 2 is 1.12 bits per heavy atom. The topological polar surface area (TPSA) is 66.8 Å². The number of phosphoric acid groups is 1. The van der Waals surface area contributed by atoms with Gasteiger partial charge < -0.3 is 9.79 Å². The molecule has 1 rings (SSSR count). The van der Waals surface area contributed by atoms with E-state index < -0.39 is 7.82 Å². The molecule has 1 aliphatic rings. The van der Waals surface area contributed by atoms with Gasteiger partial charge in [0, 0.05) is 0 Å². The van der Waals surface area contributed by atoms with E-state index in [1.807, 2.05) is 0 Å². The lowest BCUT2D eigenvalue weighted by Crippen LogP contribution is -2.11. The summed E-state index contributed by atoms with van der Waals surface area (Å²) in [7, 11) is -4.31. The maximum absolute atomic E-state index is 10.8. The Kier molecular flexibility index (Phi) is 7.36. The highest BCUT2D eigenvalue weighted by atomic mass is 31.2. The third-order valence-corrected chi connectivity index (χ3v) is 3.91. The summed E-state index contributed by atoms with van der Waals surface area (Å²) in [6.07, 6.45) is 12.1. The molecule has 0 bridgehead atoms. The Balaban J connectivity index is 2.34. The Morgan fingerprint density at radius 1 is 0.765 bits per heavy atom. The van der Waals surface area contributed by atoms with E-state index in [0.717, 1.165) is 38.5 Å². The first-order valence-electron chi connectivity index (χ1n) is 6.82. The van der Waals surface area contributed by atoms with Crippen molar-refractivity contribution < 1.29 is 18.9 Å². The maximum atomic E-state index is 10.8. The van der Waals surface area contributed by atoms with Crippen molar-refractivity contribution in [1.82, 2.24) is 0 Å². The van der Waals surface area contributed by atoms with Gasteiger partial charge in [-0.15, -0.1) is 0 Å². The van der Waals surface area contributed by atoms with Crippen LogP contribution in [0.15, 0.2) is 0 Å². The molecule has 0 amide bonds. The molecule has 0 aliphatic heterocycles. The average Bonchev–Trinajstić information content (AvgIpc) is 2.20. The molecule has 0 saturated heterocycles. The summed E-state index contributed by atoms with van der Waals surface area (Å²) in [5.41, 5.74) is 0. The summed E-state index contributed by atoms with van der Waals surface area (Å²) in [6.45, 7) is 0. The number of phosphoric ester groups is 1. The van der Waals surface area contributed by atoms with Crippen LogP contribution in [0.25, 0.3) is 0 Å². The zero-order chi connectivity index (χ0) is 12.6. The molecule has 1 saturated carbocycles. The van der Waals surface area contributed by atoms with Gasteiger partial charge in [0.05, 0.1) is 6.10 Å². The van der Waals surface area contributed by atoms with E-state index in [-0.39, 0.29) is 6.10 Å². The normalized spacial score (nSPS) is 22.7. The van der Waals surface area contributed by atoms with Crippen molar-refractivity contribution in [2.75, 3.05) is 0 Å². The van der Waals surface area contributed by atoms with Crippen LogP contribution in [-0.4, -0.2) is 15.9 Å². The molecule has 0 unspecified atom stereocenters. The average molecular weight is 264 g/mol. The van der Waals surface area contributed by atoms with Crippen LogP contribution in [0.1, 0.15) is 70.6 Å². The van der Waals surface area contributed by atoms with E-state index in [9.17, 15) is 4.57 Å². The first-order valence-corrected chi connectivity index (χ1v) is 8.35. The number of hydrogen-bond donors (Lipinski definition) is 2. The third kappa shape index (κ3) is 8.78. The monoisotopic (exact) mass is 264 g/mol. The van der Waals surface area contributed by atoms with Crippen LogP contribution in [0.4, 0.5) is 0 Å². The number of hydrogen-bond acceptors (Lipinski definition) is 2. The Hall–Kier alpha value is 0.110. The lowest BCUT2D eigenvalue weighted by molar-refractivity contribution is 0.115. The van der Waals surface area contributed by atoms with E-state index in [2.05, 4.69) is 0 Å². The highest BCUT2D eigenvalue weighted by Gasteiger charge is 2.21. The quantitative estimate of drug-likeness (QED) is 0.745. The molecule has 1 aliphatic carbocycles. The van der Waals surface area contributed by atoms with Gasteiger partial charge in [0.25, 0.3) is 0 Å². The van der Waals surface area contributed by atoms with E-state index in [0.29, 0.717) is 0 Å². The van der Waals surface area contributed by atoms with Crippen LogP contribution in [0.2, 0.25) is 0 Å². The van der Waals surface area contributed by atoms with Crippen molar-refractivity contribution in [3.63, 3.8) is 0 Å². The van der Waals surface area contributed by atoms with Crippen molar-refractivity contribution in [2.24, 2.45) is 0 Å². The molecule has 2 N–H and O–H groups in total.